The summed E-state index contributed by atoms with van der Waals surface area (Å²) < 4.78 is 27.0. The molecule has 1 aliphatic rings. The van der Waals surface area contributed by atoms with Crippen LogP contribution in [0.2, 0.25) is 0 Å². The van der Waals surface area contributed by atoms with Gasteiger partial charge in [-0.05, 0) is 46.7 Å². The molecule has 0 saturated heterocycles. The molecule has 0 unspecified atom stereocenters. The first kappa shape index (κ1) is 20.9. The molecule has 0 saturated carbocycles. The van der Waals surface area contributed by atoms with Crippen molar-refractivity contribution in [3.05, 3.63) is 87.7 Å². The molecule has 0 atom stereocenters. The Kier molecular flexibility index (Phi) is 5.23. The Morgan fingerprint density at radius 2 is 1.61 bits per heavy atom. The van der Waals surface area contributed by atoms with Crippen LogP contribution in [0.25, 0.3) is 5.57 Å². The number of imide groups is 1. The summed E-state index contributed by atoms with van der Waals surface area (Å²) in [5, 5.41) is 4.63. The number of thiophene rings is 1. The lowest BCUT2D eigenvalue weighted by Gasteiger charge is -2.21. The van der Waals surface area contributed by atoms with Gasteiger partial charge in [0.1, 0.15) is 5.70 Å². The molecule has 4 nitrogen and oxygen atoms in total. The van der Waals surface area contributed by atoms with E-state index in [0.717, 1.165) is 22.6 Å². The van der Waals surface area contributed by atoms with Crippen molar-refractivity contribution in [3.63, 3.8) is 0 Å². The third kappa shape index (κ3) is 3.88. The molecule has 1 aromatic heterocycles. The number of nitrogens with zero attached hydrogens (tertiary/aromatic N) is 1. The highest BCUT2D eigenvalue weighted by molar-refractivity contribution is 7.11. The van der Waals surface area contributed by atoms with E-state index in [4.69, 9.17) is 0 Å². The standard InChI is InChI=1S/C24H20F2N2O2S/c1-24(2,3)14-6-9-16(10-7-14)28-22(29)20(19-5-4-12-31-19)21(23(28)30)27-15-8-11-17(25)18(26)13-15/h4-13,27H,1-3H3. The Hall–Kier alpha value is -3.32. The lowest BCUT2D eigenvalue weighted by molar-refractivity contribution is -0.120. The lowest BCUT2D eigenvalue weighted by Crippen LogP contribution is -2.32. The van der Waals surface area contributed by atoms with Crippen molar-refractivity contribution in [1.82, 2.24) is 0 Å². The van der Waals surface area contributed by atoms with Crippen molar-refractivity contribution < 1.29 is 18.4 Å². The molecular weight excluding hydrogens is 418 g/mol. The maximum Gasteiger partial charge on any atom is 0.282 e. The second-order valence-corrected chi connectivity index (χ2v) is 9.17. The summed E-state index contributed by atoms with van der Waals surface area (Å²) in [6, 6.07) is 14.0. The number of rotatable bonds is 4. The van der Waals surface area contributed by atoms with Crippen LogP contribution in [0.5, 0.6) is 0 Å². The van der Waals surface area contributed by atoms with Crippen molar-refractivity contribution in [3.8, 4) is 0 Å². The van der Waals surface area contributed by atoms with Gasteiger partial charge < -0.3 is 5.32 Å². The summed E-state index contributed by atoms with van der Waals surface area (Å²) in [4.78, 5) is 28.3. The van der Waals surface area contributed by atoms with Crippen LogP contribution in [0.1, 0.15) is 31.2 Å². The highest BCUT2D eigenvalue weighted by atomic mass is 32.1. The smallest absolute Gasteiger partial charge is 0.282 e. The van der Waals surface area contributed by atoms with Gasteiger partial charge in [0.15, 0.2) is 11.6 Å². The third-order valence-electron chi connectivity index (χ3n) is 5.03. The number of hydrogen-bond acceptors (Lipinski definition) is 4. The number of benzene rings is 2. The Morgan fingerprint density at radius 3 is 2.19 bits per heavy atom. The predicted molar refractivity (Wildman–Crippen MR) is 119 cm³/mol. The summed E-state index contributed by atoms with van der Waals surface area (Å²) in [6.07, 6.45) is 0. The van der Waals surface area contributed by atoms with Gasteiger partial charge >= 0.3 is 0 Å². The highest BCUT2D eigenvalue weighted by Gasteiger charge is 2.40. The molecule has 3 aromatic rings. The molecule has 7 heteroatoms. The first-order chi connectivity index (χ1) is 14.7. The molecule has 4 rings (SSSR count). The maximum absolute atomic E-state index is 13.7. The first-order valence-electron chi connectivity index (χ1n) is 9.66. The Labute approximate surface area is 182 Å². The van der Waals surface area contributed by atoms with Crippen molar-refractivity contribution >= 4 is 40.1 Å². The van der Waals surface area contributed by atoms with E-state index < -0.39 is 23.4 Å². The van der Waals surface area contributed by atoms with E-state index in [9.17, 15) is 18.4 Å². The van der Waals surface area contributed by atoms with Crippen LogP contribution in [-0.4, -0.2) is 11.8 Å². The normalized spacial score (nSPS) is 14.5. The molecular formula is C24H20F2N2O2S. The largest absolute Gasteiger partial charge is 0.350 e. The number of carbonyl (C=O) groups excluding carboxylic acids is 2. The fourth-order valence-electron chi connectivity index (χ4n) is 3.36. The number of hydrogen-bond donors (Lipinski definition) is 1. The summed E-state index contributed by atoms with van der Waals surface area (Å²) in [5.74, 6) is -3.07. The molecule has 0 spiro atoms. The zero-order valence-corrected chi connectivity index (χ0v) is 18.0. The van der Waals surface area contributed by atoms with Crippen molar-refractivity contribution in [2.24, 2.45) is 0 Å². The average Bonchev–Trinajstić information content (AvgIpc) is 3.31. The van der Waals surface area contributed by atoms with E-state index in [2.05, 4.69) is 26.1 Å². The first-order valence-corrected chi connectivity index (χ1v) is 10.5. The number of amides is 2. The van der Waals surface area contributed by atoms with Gasteiger partial charge in [0.25, 0.3) is 11.8 Å². The molecule has 0 radical (unpaired) electrons. The van der Waals surface area contributed by atoms with Crippen LogP contribution >= 0.6 is 11.3 Å². The summed E-state index contributed by atoms with van der Waals surface area (Å²) in [7, 11) is 0. The number of halogens is 2. The van der Waals surface area contributed by atoms with E-state index in [0.29, 0.717) is 10.6 Å². The third-order valence-corrected chi connectivity index (χ3v) is 5.92. The van der Waals surface area contributed by atoms with Crippen molar-refractivity contribution in [2.45, 2.75) is 26.2 Å². The van der Waals surface area contributed by atoms with E-state index in [1.54, 1.807) is 29.6 Å². The Balaban J connectivity index is 1.75. The number of nitrogens with one attached hydrogen (secondary N) is 1. The molecule has 2 heterocycles. The SMILES string of the molecule is CC(C)(C)c1ccc(N2C(=O)C(Nc3ccc(F)c(F)c3)=C(c3cccs3)C2=O)cc1. The van der Waals surface area contributed by atoms with E-state index >= 15 is 0 Å². The van der Waals surface area contributed by atoms with Crippen LogP contribution in [-0.2, 0) is 15.0 Å². The van der Waals surface area contributed by atoms with Gasteiger partial charge in [-0.1, -0.05) is 39.0 Å². The fourth-order valence-corrected chi connectivity index (χ4v) is 4.13. The second kappa shape index (κ2) is 7.74. The molecule has 158 valence electrons. The van der Waals surface area contributed by atoms with Crippen LogP contribution in [0.4, 0.5) is 20.2 Å². The van der Waals surface area contributed by atoms with Crippen LogP contribution in [0, 0.1) is 11.6 Å². The predicted octanol–water partition coefficient (Wildman–Crippen LogP) is 5.72. The monoisotopic (exact) mass is 438 g/mol. The van der Waals surface area contributed by atoms with Gasteiger partial charge in [-0.2, -0.15) is 0 Å². The number of carbonyl (C=O) groups is 2. The van der Waals surface area contributed by atoms with Gasteiger partial charge in [0.05, 0.1) is 11.3 Å². The van der Waals surface area contributed by atoms with E-state index in [1.807, 2.05) is 12.1 Å². The molecule has 2 aromatic carbocycles. The summed E-state index contributed by atoms with van der Waals surface area (Å²) >= 11 is 1.32. The molecule has 1 N–H and O–H groups in total. The lowest BCUT2D eigenvalue weighted by atomic mass is 9.87. The minimum atomic E-state index is -1.05. The molecule has 0 aliphatic carbocycles. The van der Waals surface area contributed by atoms with Gasteiger partial charge in [-0.15, -0.1) is 11.3 Å². The minimum Gasteiger partial charge on any atom is -0.350 e. The average molecular weight is 438 g/mol. The van der Waals surface area contributed by atoms with E-state index in [-0.39, 0.29) is 22.4 Å². The number of anilines is 2. The summed E-state index contributed by atoms with van der Waals surface area (Å²) in [5.41, 5.74) is 1.84. The quantitative estimate of drug-likeness (QED) is 0.530. The van der Waals surface area contributed by atoms with Gasteiger partial charge in [0.2, 0.25) is 0 Å². The van der Waals surface area contributed by atoms with Crippen LogP contribution in [0.3, 0.4) is 0 Å². The molecule has 2 amide bonds. The fraction of sp³-hybridized carbons (Fsp3) is 0.167. The van der Waals surface area contributed by atoms with Gasteiger partial charge in [0, 0.05) is 16.6 Å². The van der Waals surface area contributed by atoms with E-state index in [1.165, 1.54) is 17.4 Å². The van der Waals surface area contributed by atoms with Crippen LogP contribution in [0.15, 0.2) is 65.7 Å². The second-order valence-electron chi connectivity index (χ2n) is 8.22. The molecule has 0 fully saturated rings. The molecule has 31 heavy (non-hydrogen) atoms. The van der Waals surface area contributed by atoms with Crippen molar-refractivity contribution in [1.29, 1.82) is 0 Å². The highest BCUT2D eigenvalue weighted by Crippen LogP contribution is 2.36. The molecule has 0 bridgehead atoms. The van der Waals surface area contributed by atoms with Gasteiger partial charge in [-0.25, -0.2) is 13.7 Å². The zero-order valence-electron chi connectivity index (χ0n) is 17.2. The maximum atomic E-state index is 13.7. The Morgan fingerprint density at radius 1 is 0.903 bits per heavy atom. The van der Waals surface area contributed by atoms with Gasteiger partial charge in [-0.3, -0.25) is 9.59 Å². The molecule has 1 aliphatic heterocycles. The van der Waals surface area contributed by atoms with Crippen LogP contribution < -0.4 is 10.2 Å². The Bertz CT molecular complexity index is 1190. The minimum absolute atomic E-state index is 0.0263. The van der Waals surface area contributed by atoms with Crippen molar-refractivity contribution in [2.75, 3.05) is 10.2 Å². The zero-order chi connectivity index (χ0) is 22.3. The summed E-state index contributed by atoms with van der Waals surface area (Å²) in [6.45, 7) is 6.23. The topological polar surface area (TPSA) is 49.4 Å².